The molecule has 3 heteroatoms. The minimum atomic E-state index is -0.890. The monoisotopic (exact) mass is 252 g/mol. The van der Waals surface area contributed by atoms with Crippen LogP contribution in [0.3, 0.4) is 0 Å². The summed E-state index contributed by atoms with van der Waals surface area (Å²) in [5.41, 5.74) is -0.406. The first-order chi connectivity index (χ1) is 8.60. The van der Waals surface area contributed by atoms with Gasteiger partial charge in [0.1, 0.15) is 5.60 Å². The molecule has 1 saturated heterocycles. The van der Waals surface area contributed by atoms with E-state index in [2.05, 4.69) is 0 Å². The zero-order valence-electron chi connectivity index (χ0n) is 11.2. The SMILES string of the molecule is CC1([C@H]2CCCC3CCCCC32)CC(O)C(=O)O1. The van der Waals surface area contributed by atoms with Crippen molar-refractivity contribution in [1.82, 2.24) is 0 Å². The molecule has 4 unspecified atom stereocenters. The molecule has 3 nitrogen and oxygen atoms in total. The van der Waals surface area contributed by atoms with Gasteiger partial charge < -0.3 is 9.84 Å². The molecule has 1 aliphatic heterocycles. The topological polar surface area (TPSA) is 46.5 Å². The molecule has 3 rings (SSSR count). The second-order valence-corrected chi connectivity index (χ2v) is 6.70. The molecule has 0 spiro atoms. The van der Waals surface area contributed by atoms with Crippen molar-refractivity contribution in [3.8, 4) is 0 Å². The Morgan fingerprint density at radius 1 is 1.17 bits per heavy atom. The first-order valence-corrected chi connectivity index (χ1v) is 7.51. The Balaban J connectivity index is 1.80. The molecule has 3 aliphatic rings. The van der Waals surface area contributed by atoms with Crippen molar-refractivity contribution in [3.05, 3.63) is 0 Å². The number of fused-ring (bicyclic) bond motifs is 1. The van der Waals surface area contributed by atoms with Gasteiger partial charge in [-0.3, -0.25) is 0 Å². The van der Waals surface area contributed by atoms with Gasteiger partial charge in [-0.1, -0.05) is 32.1 Å². The highest BCUT2D eigenvalue weighted by molar-refractivity contribution is 5.77. The van der Waals surface area contributed by atoms with E-state index in [1.807, 2.05) is 6.92 Å². The second-order valence-electron chi connectivity index (χ2n) is 6.70. The number of ether oxygens (including phenoxy) is 1. The lowest BCUT2D eigenvalue weighted by atomic mass is 9.60. The highest BCUT2D eigenvalue weighted by Crippen LogP contribution is 2.51. The van der Waals surface area contributed by atoms with Crippen LogP contribution in [0, 0.1) is 17.8 Å². The van der Waals surface area contributed by atoms with Crippen molar-refractivity contribution in [2.75, 3.05) is 0 Å². The van der Waals surface area contributed by atoms with E-state index in [4.69, 9.17) is 4.74 Å². The second kappa shape index (κ2) is 4.52. The average Bonchev–Trinajstić information content (AvgIpc) is 2.63. The molecule has 1 heterocycles. The molecular formula is C15H24O3. The first kappa shape index (κ1) is 12.5. The van der Waals surface area contributed by atoms with Gasteiger partial charge in [-0.15, -0.1) is 0 Å². The van der Waals surface area contributed by atoms with Crippen LogP contribution in [0.15, 0.2) is 0 Å². The van der Waals surface area contributed by atoms with E-state index in [0.29, 0.717) is 12.3 Å². The number of hydrogen-bond donors (Lipinski definition) is 1. The summed E-state index contributed by atoms with van der Waals surface area (Å²) < 4.78 is 5.56. The fraction of sp³-hybridized carbons (Fsp3) is 0.933. The van der Waals surface area contributed by atoms with E-state index < -0.39 is 17.7 Å². The quantitative estimate of drug-likeness (QED) is 0.730. The van der Waals surface area contributed by atoms with Crippen LogP contribution in [0.4, 0.5) is 0 Å². The fourth-order valence-electron chi connectivity index (χ4n) is 4.73. The van der Waals surface area contributed by atoms with Crippen LogP contribution < -0.4 is 0 Å². The molecule has 0 bridgehead atoms. The number of hydrogen-bond acceptors (Lipinski definition) is 3. The van der Waals surface area contributed by atoms with Crippen LogP contribution in [-0.2, 0) is 9.53 Å². The molecule has 0 radical (unpaired) electrons. The molecule has 2 aliphatic carbocycles. The van der Waals surface area contributed by atoms with Gasteiger partial charge in [-0.05, 0) is 31.6 Å². The number of esters is 1. The van der Waals surface area contributed by atoms with Gasteiger partial charge in [0.15, 0.2) is 6.10 Å². The highest BCUT2D eigenvalue weighted by atomic mass is 16.6. The van der Waals surface area contributed by atoms with E-state index >= 15 is 0 Å². The van der Waals surface area contributed by atoms with Gasteiger partial charge in [0.2, 0.25) is 0 Å². The lowest BCUT2D eigenvalue weighted by molar-refractivity contribution is -0.159. The average molecular weight is 252 g/mol. The Morgan fingerprint density at radius 3 is 2.61 bits per heavy atom. The number of carbonyl (C=O) groups is 1. The Kier molecular flexibility index (Phi) is 3.13. The highest BCUT2D eigenvalue weighted by Gasteiger charge is 2.52. The van der Waals surface area contributed by atoms with E-state index in [1.54, 1.807) is 0 Å². The minimum Gasteiger partial charge on any atom is -0.457 e. The van der Waals surface area contributed by atoms with Crippen molar-refractivity contribution in [1.29, 1.82) is 0 Å². The summed E-state index contributed by atoms with van der Waals surface area (Å²) >= 11 is 0. The first-order valence-electron chi connectivity index (χ1n) is 7.51. The van der Waals surface area contributed by atoms with Crippen molar-refractivity contribution >= 4 is 5.97 Å². The molecule has 2 saturated carbocycles. The van der Waals surface area contributed by atoms with E-state index in [9.17, 15) is 9.90 Å². The lowest BCUT2D eigenvalue weighted by Gasteiger charge is -2.47. The molecule has 5 atom stereocenters. The summed E-state index contributed by atoms with van der Waals surface area (Å²) in [5, 5.41) is 9.69. The third-order valence-corrected chi connectivity index (χ3v) is 5.56. The predicted octanol–water partition coefficient (Wildman–Crippen LogP) is 2.66. The summed E-state index contributed by atoms with van der Waals surface area (Å²) in [6.07, 6.45) is 8.73. The van der Waals surface area contributed by atoms with Gasteiger partial charge in [0.25, 0.3) is 0 Å². The molecular weight excluding hydrogens is 228 g/mol. The standard InChI is InChI=1S/C15H24O3/c1-15(9-13(16)14(17)18-15)12-8-4-6-10-5-2-3-7-11(10)12/h10-13,16H,2-9H2,1H3/t10?,11?,12-,13?,15?/m0/s1. The van der Waals surface area contributed by atoms with E-state index in [-0.39, 0.29) is 0 Å². The maximum absolute atomic E-state index is 11.5. The van der Waals surface area contributed by atoms with Gasteiger partial charge >= 0.3 is 5.97 Å². The Morgan fingerprint density at radius 2 is 1.89 bits per heavy atom. The summed E-state index contributed by atoms with van der Waals surface area (Å²) in [5.74, 6) is 1.62. The number of cyclic esters (lactones) is 1. The Labute approximate surface area is 109 Å². The summed E-state index contributed by atoms with van der Waals surface area (Å²) in [6, 6.07) is 0. The Bertz CT molecular complexity index is 339. The van der Waals surface area contributed by atoms with E-state index in [1.165, 1.54) is 38.5 Å². The maximum atomic E-state index is 11.5. The molecule has 0 aromatic heterocycles. The van der Waals surface area contributed by atoms with Crippen molar-refractivity contribution in [2.45, 2.75) is 70.0 Å². The molecule has 1 N–H and O–H groups in total. The number of rotatable bonds is 1. The maximum Gasteiger partial charge on any atom is 0.335 e. The van der Waals surface area contributed by atoms with Gasteiger partial charge in [-0.2, -0.15) is 0 Å². The van der Waals surface area contributed by atoms with Crippen molar-refractivity contribution in [3.63, 3.8) is 0 Å². The Hall–Kier alpha value is -0.570. The minimum absolute atomic E-state index is 0.406. The van der Waals surface area contributed by atoms with Gasteiger partial charge in [0.05, 0.1) is 0 Å². The van der Waals surface area contributed by atoms with Gasteiger partial charge in [-0.25, -0.2) is 4.79 Å². The molecule has 102 valence electrons. The zero-order chi connectivity index (χ0) is 12.8. The summed E-state index contributed by atoms with van der Waals surface area (Å²) in [6.45, 7) is 2.04. The fourth-order valence-corrected chi connectivity index (χ4v) is 4.73. The number of carbonyl (C=O) groups excluding carboxylic acids is 1. The number of aliphatic hydroxyl groups excluding tert-OH is 1. The zero-order valence-corrected chi connectivity index (χ0v) is 11.2. The number of aliphatic hydroxyl groups is 1. The normalized spacial score (nSPS) is 48.7. The predicted molar refractivity (Wildman–Crippen MR) is 67.9 cm³/mol. The van der Waals surface area contributed by atoms with Crippen molar-refractivity contribution in [2.24, 2.45) is 17.8 Å². The molecule has 0 aromatic carbocycles. The molecule has 18 heavy (non-hydrogen) atoms. The lowest BCUT2D eigenvalue weighted by Crippen LogP contribution is -2.45. The van der Waals surface area contributed by atoms with Crippen LogP contribution in [0.2, 0.25) is 0 Å². The third kappa shape index (κ3) is 1.97. The van der Waals surface area contributed by atoms with Crippen LogP contribution in [-0.4, -0.2) is 22.8 Å². The van der Waals surface area contributed by atoms with Crippen molar-refractivity contribution < 1.29 is 14.6 Å². The van der Waals surface area contributed by atoms with Gasteiger partial charge in [0, 0.05) is 12.3 Å². The van der Waals surface area contributed by atoms with Crippen LogP contribution in [0.5, 0.6) is 0 Å². The smallest absolute Gasteiger partial charge is 0.335 e. The largest absolute Gasteiger partial charge is 0.457 e. The molecule has 3 fully saturated rings. The summed E-state index contributed by atoms with van der Waals surface area (Å²) in [7, 11) is 0. The van der Waals surface area contributed by atoms with E-state index in [0.717, 1.165) is 18.3 Å². The summed E-state index contributed by atoms with van der Waals surface area (Å²) in [4.78, 5) is 11.5. The van der Waals surface area contributed by atoms with Crippen LogP contribution in [0.25, 0.3) is 0 Å². The van der Waals surface area contributed by atoms with Crippen LogP contribution in [0.1, 0.15) is 58.3 Å². The third-order valence-electron chi connectivity index (χ3n) is 5.56. The van der Waals surface area contributed by atoms with Crippen LogP contribution >= 0.6 is 0 Å². The molecule has 0 aromatic rings. The molecule has 0 amide bonds.